The molecule has 5 rings (SSSR count). The average molecular weight is 465 g/mol. The zero-order chi connectivity index (χ0) is 21.8. The fourth-order valence-electron chi connectivity index (χ4n) is 3.36. The minimum atomic E-state index is -0.0289. The minimum absolute atomic E-state index is 0.0289. The van der Waals surface area contributed by atoms with Crippen LogP contribution in [-0.4, -0.2) is 39.8 Å². The fraction of sp³-hybridized carbons (Fsp3) is 0.174. The number of thioether (sulfide) groups is 1. The summed E-state index contributed by atoms with van der Waals surface area (Å²) >= 11 is 3.06. The van der Waals surface area contributed by atoms with Gasteiger partial charge in [0, 0.05) is 22.7 Å². The van der Waals surface area contributed by atoms with Crippen LogP contribution in [0.2, 0.25) is 0 Å². The molecule has 162 valence electrons. The highest BCUT2D eigenvalue weighted by Gasteiger charge is 2.20. The Morgan fingerprint density at radius 2 is 1.94 bits per heavy atom. The normalized spacial score (nSPS) is 12.1. The molecule has 2 aromatic carbocycles. The lowest BCUT2D eigenvalue weighted by atomic mass is 10.2. The van der Waals surface area contributed by atoms with E-state index in [0.29, 0.717) is 29.0 Å². The molecular formula is C23H20N4O3S2. The largest absolute Gasteiger partial charge is 0.454 e. The monoisotopic (exact) mass is 464 g/mol. The number of nitrogens with zero attached hydrogens (tertiary/aromatic N) is 3. The topological polar surface area (TPSA) is 78.3 Å². The van der Waals surface area contributed by atoms with Crippen LogP contribution in [0.15, 0.2) is 71.2 Å². The quantitative estimate of drug-likeness (QED) is 0.394. The van der Waals surface area contributed by atoms with E-state index in [1.54, 1.807) is 11.3 Å². The maximum atomic E-state index is 12.4. The number of carbonyl (C=O) groups excluding carboxylic acids is 1. The lowest BCUT2D eigenvalue weighted by Crippen LogP contribution is -2.27. The molecule has 1 N–H and O–H groups in total. The van der Waals surface area contributed by atoms with E-state index in [-0.39, 0.29) is 18.5 Å². The van der Waals surface area contributed by atoms with Gasteiger partial charge in [0.15, 0.2) is 22.5 Å². The maximum Gasteiger partial charge on any atom is 0.231 e. The van der Waals surface area contributed by atoms with Gasteiger partial charge in [-0.15, -0.1) is 21.5 Å². The van der Waals surface area contributed by atoms with Gasteiger partial charge in [-0.25, -0.2) is 0 Å². The first-order valence-electron chi connectivity index (χ1n) is 10.1. The van der Waals surface area contributed by atoms with Crippen LogP contribution >= 0.6 is 23.1 Å². The average Bonchev–Trinajstić information content (AvgIpc) is 3.58. The Labute approximate surface area is 193 Å². The summed E-state index contributed by atoms with van der Waals surface area (Å²) in [5.74, 6) is 2.31. The van der Waals surface area contributed by atoms with Gasteiger partial charge in [-0.1, -0.05) is 36.0 Å². The first-order valence-corrected chi connectivity index (χ1v) is 12.0. The summed E-state index contributed by atoms with van der Waals surface area (Å²) < 4.78 is 12.9. The van der Waals surface area contributed by atoms with E-state index >= 15 is 0 Å². The number of aromatic nitrogens is 3. The zero-order valence-corrected chi connectivity index (χ0v) is 18.7. The summed E-state index contributed by atoms with van der Waals surface area (Å²) in [5, 5.41) is 14.5. The predicted molar refractivity (Wildman–Crippen MR) is 125 cm³/mol. The standard InChI is InChI=1S/C23H20N4O3S2/c28-21(24-11-10-18-7-4-12-31-18)14-32-23-26-25-22(27(23)17-5-2-1-3-6-17)16-8-9-19-20(13-16)30-15-29-19/h1-9,12-13H,10-11,14-15H2,(H,24,28). The number of amides is 1. The molecule has 1 amide bonds. The van der Waals surface area contributed by atoms with Gasteiger partial charge in [0.25, 0.3) is 0 Å². The molecule has 0 spiro atoms. The number of rotatable bonds is 8. The number of thiophene rings is 1. The van der Waals surface area contributed by atoms with Crippen LogP contribution in [0.5, 0.6) is 11.5 Å². The summed E-state index contributed by atoms with van der Waals surface area (Å²) in [7, 11) is 0. The third-order valence-electron chi connectivity index (χ3n) is 4.88. The van der Waals surface area contributed by atoms with E-state index in [4.69, 9.17) is 9.47 Å². The zero-order valence-electron chi connectivity index (χ0n) is 17.1. The van der Waals surface area contributed by atoms with Crippen LogP contribution in [0.3, 0.4) is 0 Å². The second kappa shape index (κ2) is 9.46. The molecule has 0 atom stereocenters. The van der Waals surface area contributed by atoms with E-state index in [1.165, 1.54) is 16.6 Å². The van der Waals surface area contributed by atoms with Crippen LogP contribution in [0.4, 0.5) is 0 Å². The first kappa shape index (κ1) is 20.6. The Morgan fingerprint density at radius 3 is 2.78 bits per heavy atom. The third kappa shape index (κ3) is 4.49. The van der Waals surface area contributed by atoms with Crippen molar-refractivity contribution in [1.82, 2.24) is 20.1 Å². The van der Waals surface area contributed by atoms with E-state index in [9.17, 15) is 4.79 Å². The molecule has 0 saturated carbocycles. The highest BCUT2D eigenvalue weighted by molar-refractivity contribution is 7.99. The summed E-state index contributed by atoms with van der Waals surface area (Å²) in [4.78, 5) is 13.6. The van der Waals surface area contributed by atoms with Crippen LogP contribution in [-0.2, 0) is 11.2 Å². The Balaban J connectivity index is 1.34. The molecular weight excluding hydrogens is 444 g/mol. The lowest BCUT2D eigenvalue weighted by Gasteiger charge is -2.11. The van der Waals surface area contributed by atoms with Crippen molar-refractivity contribution in [1.29, 1.82) is 0 Å². The molecule has 3 heterocycles. The van der Waals surface area contributed by atoms with Crippen molar-refractivity contribution >= 4 is 29.0 Å². The van der Waals surface area contributed by atoms with Crippen molar-refractivity contribution in [3.05, 3.63) is 70.9 Å². The van der Waals surface area contributed by atoms with Crippen molar-refractivity contribution in [2.75, 3.05) is 19.1 Å². The van der Waals surface area contributed by atoms with Gasteiger partial charge in [0.05, 0.1) is 5.75 Å². The van der Waals surface area contributed by atoms with E-state index < -0.39 is 0 Å². The van der Waals surface area contributed by atoms with Gasteiger partial charge in [0.2, 0.25) is 12.7 Å². The van der Waals surface area contributed by atoms with Crippen LogP contribution in [0.25, 0.3) is 17.1 Å². The Bertz CT molecular complexity index is 1210. The molecule has 9 heteroatoms. The number of fused-ring (bicyclic) bond motifs is 1. The summed E-state index contributed by atoms with van der Waals surface area (Å²) in [6.07, 6.45) is 0.836. The van der Waals surface area contributed by atoms with E-state index in [2.05, 4.69) is 21.6 Å². The van der Waals surface area contributed by atoms with E-state index in [0.717, 1.165) is 17.7 Å². The van der Waals surface area contributed by atoms with Crippen molar-refractivity contribution in [2.24, 2.45) is 0 Å². The van der Waals surface area contributed by atoms with Gasteiger partial charge < -0.3 is 14.8 Å². The molecule has 1 aliphatic rings. The number of hydrogen-bond donors (Lipinski definition) is 1. The second-order valence-electron chi connectivity index (χ2n) is 7.01. The number of benzene rings is 2. The summed E-state index contributed by atoms with van der Waals surface area (Å²) in [6.45, 7) is 0.834. The van der Waals surface area contributed by atoms with Crippen molar-refractivity contribution in [3.8, 4) is 28.6 Å². The Kier molecular flexibility index (Phi) is 6.09. The minimum Gasteiger partial charge on any atom is -0.454 e. The molecule has 0 bridgehead atoms. The maximum absolute atomic E-state index is 12.4. The number of carbonyl (C=O) groups is 1. The molecule has 2 aromatic heterocycles. The molecule has 7 nitrogen and oxygen atoms in total. The lowest BCUT2D eigenvalue weighted by molar-refractivity contribution is -0.118. The molecule has 0 fully saturated rings. The molecule has 0 aliphatic carbocycles. The predicted octanol–water partition coefficient (Wildman–Crippen LogP) is 4.18. The second-order valence-corrected chi connectivity index (χ2v) is 8.99. The molecule has 0 saturated heterocycles. The summed E-state index contributed by atoms with van der Waals surface area (Å²) in [6, 6.07) is 19.7. The van der Waals surface area contributed by atoms with Crippen LogP contribution in [0, 0.1) is 0 Å². The van der Waals surface area contributed by atoms with Crippen molar-refractivity contribution < 1.29 is 14.3 Å². The highest BCUT2D eigenvalue weighted by Crippen LogP contribution is 2.37. The number of hydrogen-bond acceptors (Lipinski definition) is 7. The third-order valence-corrected chi connectivity index (χ3v) is 6.75. The number of ether oxygens (including phenoxy) is 2. The smallest absolute Gasteiger partial charge is 0.231 e. The molecule has 0 radical (unpaired) electrons. The molecule has 1 aliphatic heterocycles. The van der Waals surface area contributed by atoms with Gasteiger partial charge >= 0.3 is 0 Å². The van der Waals surface area contributed by atoms with Gasteiger partial charge in [-0.05, 0) is 48.2 Å². The van der Waals surface area contributed by atoms with Gasteiger partial charge in [0.1, 0.15) is 0 Å². The van der Waals surface area contributed by atoms with Gasteiger partial charge in [-0.3, -0.25) is 9.36 Å². The highest BCUT2D eigenvalue weighted by atomic mass is 32.2. The first-order chi connectivity index (χ1) is 15.8. The Morgan fingerprint density at radius 1 is 1.06 bits per heavy atom. The number of para-hydroxylation sites is 1. The summed E-state index contributed by atoms with van der Waals surface area (Å²) in [5.41, 5.74) is 1.78. The van der Waals surface area contributed by atoms with Crippen molar-refractivity contribution in [3.63, 3.8) is 0 Å². The van der Waals surface area contributed by atoms with E-state index in [1.807, 2.05) is 64.5 Å². The van der Waals surface area contributed by atoms with Crippen LogP contribution in [0.1, 0.15) is 4.88 Å². The van der Waals surface area contributed by atoms with Gasteiger partial charge in [-0.2, -0.15) is 0 Å². The Hall–Kier alpha value is -3.30. The molecule has 0 unspecified atom stereocenters. The number of nitrogens with one attached hydrogen (secondary N) is 1. The van der Waals surface area contributed by atoms with Crippen LogP contribution < -0.4 is 14.8 Å². The SMILES string of the molecule is O=C(CSc1nnc(-c2ccc3c(c2)OCO3)n1-c1ccccc1)NCCc1cccs1. The molecule has 32 heavy (non-hydrogen) atoms. The van der Waals surface area contributed by atoms with Crippen molar-refractivity contribution in [2.45, 2.75) is 11.6 Å². The molecule has 4 aromatic rings. The fourth-order valence-corrected chi connectivity index (χ4v) is 4.85.